The summed E-state index contributed by atoms with van der Waals surface area (Å²) in [5.41, 5.74) is 2.49. The summed E-state index contributed by atoms with van der Waals surface area (Å²) < 4.78 is 0. The Morgan fingerprint density at radius 1 is 0.875 bits per heavy atom. The lowest BCUT2D eigenvalue weighted by molar-refractivity contribution is -0.218. The fraction of sp³-hybridized carbons (Fsp3) is 0.900. The van der Waals surface area contributed by atoms with E-state index in [0.29, 0.717) is 34.9 Å². The van der Waals surface area contributed by atoms with Gasteiger partial charge in [-0.3, -0.25) is 4.79 Å². The van der Waals surface area contributed by atoms with E-state index in [1.807, 2.05) is 0 Å². The number of hydrogen-bond acceptors (Lipinski definition) is 2. The first-order chi connectivity index (χ1) is 14.6. The molecule has 0 aromatic heterocycles. The molecule has 0 aromatic rings. The first-order valence-corrected chi connectivity index (χ1v) is 13.5. The van der Waals surface area contributed by atoms with E-state index in [4.69, 9.17) is 0 Å². The maximum absolute atomic E-state index is 12.9. The van der Waals surface area contributed by atoms with Crippen LogP contribution in [0.1, 0.15) is 113 Å². The third-order valence-electron chi connectivity index (χ3n) is 12.7. The Morgan fingerprint density at radius 2 is 1.53 bits per heavy atom. The highest BCUT2D eigenvalue weighted by molar-refractivity contribution is 5.85. The number of aliphatic hydroxyl groups excluding tert-OH is 1. The Labute approximate surface area is 197 Å². The first kappa shape index (κ1) is 23.1. The van der Waals surface area contributed by atoms with E-state index in [9.17, 15) is 9.90 Å². The molecule has 4 fully saturated rings. The molecule has 32 heavy (non-hydrogen) atoms. The third-order valence-corrected chi connectivity index (χ3v) is 12.7. The minimum absolute atomic E-state index is 0.0292. The van der Waals surface area contributed by atoms with Crippen molar-refractivity contribution in [2.75, 3.05) is 0 Å². The van der Waals surface area contributed by atoms with E-state index in [-0.39, 0.29) is 28.3 Å². The molecule has 0 saturated heterocycles. The van der Waals surface area contributed by atoms with Gasteiger partial charge in [0.2, 0.25) is 0 Å². The number of ketones is 1. The normalized spacial score (nSPS) is 53.9. The lowest BCUT2D eigenvalue weighted by Crippen LogP contribution is -2.67. The van der Waals surface area contributed by atoms with Crippen molar-refractivity contribution in [1.29, 1.82) is 0 Å². The standard InChI is InChI=1S/C30H48O2/c1-25(2)13-14-27(5)15-16-29(7)19(20(27)17-25)9-10-22-28(6)12-11-23(32)26(3,4)24(28)21(31)18-30(22,29)8/h9,20-22,24,31H,10-18H2,1-8H3/t20-,21-,22+,24+,27-,28-,29-,30-/m1/s1. The average molecular weight is 441 g/mol. The van der Waals surface area contributed by atoms with E-state index < -0.39 is 5.41 Å². The largest absolute Gasteiger partial charge is 0.393 e. The van der Waals surface area contributed by atoms with Crippen LogP contribution in [0.25, 0.3) is 0 Å². The van der Waals surface area contributed by atoms with E-state index in [2.05, 4.69) is 61.5 Å². The average Bonchev–Trinajstić information content (AvgIpc) is 2.67. The highest BCUT2D eigenvalue weighted by Crippen LogP contribution is 2.75. The number of aliphatic hydroxyl groups is 1. The van der Waals surface area contributed by atoms with Crippen molar-refractivity contribution in [3.05, 3.63) is 11.6 Å². The van der Waals surface area contributed by atoms with Gasteiger partial charge in [-0.1, -0.05) is 67.0 Å². The van der Waals surface area contributed by atoms with E-state index in [1.54, 1.807) is 5.57 Å². The summed E-state index contributed by atoms with van der Waals surface area (Å²) in [6.45, 7) is 19.3. The molecule has 5 rings (SSSR count). The second-order valence-electron chi connectivity index (χ2n) is 15.2. The first-order valence-electron chi connectivity index (χ1n) is 13.5. The highest BCUT2D eigenvalue weighted by atomic mass is 16.3. The Bertz CT molecular complexity index is 866. The van der Waals surface area contributed by atoms with E-state index in [0.717, 1.165) is 19.3 Å². The molecule has 0 aromatic carbocycles. The number of Topliss-reactive ketones (excluding diaryl/α,β-unsaturated/α-hetero) is 1. The van der Waals surface area contributed by atoms with Gasteiger partial charge in [-0.15, -0.1) is 0 Å². The van der Waals surface area contributed by atoms with E-state index in [1.165, 1.54) is 32.1 Å². The summed E-state index contributed by atoms with van der Waals surface area (Å²) >= 11 is 0. The number of hydrogen-bond donors (Lipinski definition) is 1. The van der Waals surface area contributed by atoms with Gasteiger partial charge in [0.25, 0.3) is 0 Å². The molecule has 2 nitrogen and oxygen atoms in total. The molecule has 5 aliphatic carbocycles. The van der Waals surface area contributed by atoms with Crippen LogP contribution in [0.15, 0.2) is 11.6 Å². The molecule has 0 bridgehead atoms. The van der Waals surface area contributed by atoms with Gasteiger partial charge in [0.15, 0.2) is 0 Å². The topological polar surface area (TPSA) is 37.3 Å². The Hall–Kier alpha value is -0.630. The van der Waals surface area contributed by atoms with Crippen LogP contribution < -0.4 is 0 Å². The van der Waals surface area contributed by atoms with Crippen LogP contribution in [0.2, 0.25) is 0 Å². The van der Waals surface area contributed by atoms with Crippen molar-refractivity contribution in [3.8, 4) is 0 Å². The van der Waals surface area contributed by atoms with Crippen molar-refractivity contribution in [2.45, 2.75) is 119 Å². The molecular formula is C30H48O2. The van der Waals surface area contributed by atoms with Gasteiger partial charge >= 0.3 is 0 Å². The smallest absolute Gasteiger partial charge is 0.138 e. The highest BCUT2D eigenvalue weighted by Gasteiger charge is 2.69. The molecule has 0 spiro atoms. The van der Waals surface area contributed by atoms with Crippen LogP contribution >= 0.6 is 0 Å². The molecular weight excluding hydrogens is 392 g/mol. The lowest BCUT2D eigenvalue weighted by Gasteiger charge is -2.71. The molecule has 8 atom stereocenters. The van der Waals surface area contributed by atoms with Gasteiger partial charge < -0.3 is 5.11 Å². The molecule has 5 aliphatic rings. The maximum Gasteiger partial charge on any atom is 0.138 e. The maximum atomic E-state index is 12.9. The molecule has 0 unspecified atom stereocenters. The summed E-state index contributed by atoms with van der Waals surface area (Å²) in [5.74, 6) is 1.68. The zero-order chi connectivity index (χ0) is 23.5. The van der Waals surface area contributed by atoms with Gasteiger partial charge in [0, 0.05) is 17.8 Å². The van der Waals surface area contributed by atoms with Gasteiger partial charge in [0.1, 0.15) is 5.78 Å². The summed E-state index contributed by atoms with van der Waals surface area (Å²) in [6.07, 6.45) is 12.5. The summed E-state index contributed by atoms with van der Waals surface area (Å²) in [6, 6.07) is 0. The third kappa shape index (κ3) is 2.71. The second-order valence-corrected chi connectivity index (χ2v) is 15.2. The second kappa shape index (κ2) is 6.52. The van der Waals surface area contributed by atoms with Gasteiger partial charge in [0.05, 0.1) is 6.10 Å². The summed E-state index contributed by atoms with van der Waals surface area (Å²) in [4.78, 5) is 12.9. The minimum atomic E-state index is -0.419. The van der Waals surface area contributed by atoms with E-state index >= 15 is 0 Å². The van der Waals surface area contributed by atoms with Crippen LogP contribution in [0, 0.1) is 50.2 Å². The fourth-order valence-electron chi connectivity index (χ4n) is 10.5. The van der Waals surface area contributed by atoms with Gasteiger partial charge in [-0.2, -0.15) is 0 Å². The van der Waals surface area contributed by atoms with Crippen LogP contribution in [-0.4, -0.2) is 17.0 Å². The number of allylic oxidation sites excluding steroid dienone is 2. The lowest BCUT2D eigenvalue weighted by atomic mass is 9.33. The number of carbonyl (C=O) groups is 1. The number of rotatable bonds is 0. The predicted molar refractivity (Wildman–Crippen MR) is 131 cm³/mol. The van der Waals surface area contributed by atoms with Crippen LogP contribution in [-0.2, 0) is 4.79 Å². The number of carbonyl (C=O) groups excluding carboxylic acids is 1. The quantitative estimate of drug-likeness (QED) is 0.400. The van der Waals surface area contributed by atoms with Crippen molar-refractivity contribution in [1.82, 2.24) is 0 Å². The fourth-order valence-corrected chi connectivity index (χ4v) is 10.5. The zero-order valence-corrected chi connectivity index (χ0v) is 22.1. The zero-order valence-electron chi connectivity index (χ0n) is 22.1. The molecule has 1 N–H and O–H groups in total. The SMILES string of the molecule is CC1(C)CC[C@]2(C)CC[C@]3(C)C(=CC[C@H]4[C@@]5(C)CCC(=O)C(C)(C)[C@@H]5[C@H](O)C[C@]43C)[C@H]2C1. The van der Waals surface area contributed by atoms with Gasteiger partial charge in [-0.25, -0.2) is 0 Å². The molecule has 0 amide bonds. The Balaban J connectivity index is 1.61. The van der Waals surface area contributed by atoms with Crippen molar-refractivity contribution >= 4 is 5.78 Å². The Kier molecular flexibility index (Phi) is 4.71. The molecule has 0 radical (unpaired) electrons. The molecule has 180 valence electrons. The van der Waals surface area contributed by atoms with Crippen LogP contribution in [0.5, 0.6) is 0 Å². The van der Waals surface area contributed by atoms with Gasteiger partial charge in [-0.05, 0) is 90.3 Å². The Morgan fingerprint density at radius 3 is 2.22 bits per heavy atom. The van der Waals surface area contributed by atoms with Crippen molar-refractivity contribution < 1.29 is 9.90 Å². The molecule has 0 aliphatic heterocycles. The van der Waals surface area contributed by atoms with Crippen LogP contribution in [0.3, 0.4) is 0 Å². The summed E-state index contributed by atoms with van der Waals surface area (Å²) in [5, 5.41) is 11.7. The van der Waals surface area contributed by atoms with Crippen LogP contribution in [0.4, 0.5) is 0 Å². The molecule has 0 heterocycles. The van der Waals surface area contributed by atoms with Crippen molar-refractivity contribution in [2.24, 2.45) is 50.2 Å². The molecule has 4 saturated carbocycles. The number of fused-ring (bicyclic) bond motifs is 7. The molecule has 2 heteroatoms. The minimum Gasteiger partial charge on any atom is -0.393 e. The summed E-state index contributed by atoms with van der Waals surface area (Å²) in [7, 11) is 0. The van der Waals surface area contributed by atoms with Crippen molar-refractivity contribution in [3.63, 3.8) is 0 Å². The predicted octanol–water partition coefficient (Wildman–Crippen LogP) is 7.35. The monoisotopic (exact) mass is 440 g/mol.